The van der Waals surface area contributed by atoms with Crippen LogP contribution in [0.1, 0.15) is 44.2 Å². The minimum absolute atomic E-state index is 0.176. The number of nitrogens with one attached hydrogen (secondary N) is 2. The number of pyridine rings is 1. The van der Waals surface area contributed by atoms with Gasteiger partial charge in [-0.05, 0) is 45.4 Å². The molecule has 1 aromatic carbocycles. The monoisotopic (exact) mass is 427 g/mol. The SMILES string of the molecule is CNc1ccc(C#N)c(-c2c(OC)c[nH]c(=O)c2C(CCOC)C(=O)OC(C)(C)C)c1. The van der Waals surface area contributed by atoms with E-state index in [0.717, 1.165) is 5.69 Å². The molecule has 1 aromatic heterocycles. The maximum absolute atomic E-state index is 13.1. The fourth-order valence-electron chi connectivity index (χ4n) is 3.29. The quantitative estimate of drug-likeness (QED) is 0.621. The van der Waals surface area contributed by atoms with E-state index in [2.05, 4.69) is 16.4 Å². The molecule has 2 rings (SSSR count). The number of anilines is 1. The number of hydrogen-bond acceptors (Lipinski definition) is 7. The Morgan fingerprint density at radius 2 is 2.00 bits per heavy atom. The molecule has 166 valence electrons. The zero-order valence-electron chi connectivity index (χ0n) is 18.8. The van der Waals surface area contributed by atoms with Crippen LogP contribution in [0.5, 0.6) is 5.75 Å². The van der Waals surface area contributed by atoms with Crippen LogP contribution in [0.25, 0.3) is 11.1 Å². The number of aromatic amines is 1. The van der Waals surface area contributed by atoms with Crippen LogP contribution in [-0.2, 0) is 14.3 Å². The van der Waals surface area contributed by atoms with Gasteiger partial charge in [-0.2, -0.15) is 5.26 Å². The van der Waals surface area contributed by atoms with Gasteiger partial charge >= 0.3 is 5.97 Å². The van der Waals surface area contributed by atoms with E-state index >= 15 is 0 Å². The van der Waals surface area contributed by atoms with Crippen molar-refractivity contribution < 1.29 is 19.0 Å². The van der Waals surface area contributed by atoms with Crippen molar-refractivity contribution in [1.29, 1.82) is 5.26 Å². The molecular formula is C23H29N3O5. The summed E-state index contributed by atoms with van der Waals surface area (Å²) in [5.74, 6) is -1.13. The fourth-order valence-corrected chi connectivity index (χ4v) is 3.29. The molecule has 0 aliphatic carbocycles. The number of aromatic nitrogens is 1. The second-order valence-electron chi connectivity index (χ2n) is 7.96. The van der Waals surface area contributed by atoms with Gasteiger partial charge < -0.3 is 24.5 Å². The normalized spacial score (nSPS) is 12.0. The summed E-state index contributed by atoms with van der Waals surface area (Å²) in [5, 5.41) is 12.7. The van der Waals surface area contributed by atoms with Gasteiger partial charge in [0.25, 0.3) is 5.56 Å². The Labute approximate surface area is 182 Å². The lowest BCUT2D eigenvalue weighted by Gasteiger charge is -2.25. The molecule has 0 aliphatic heterocycles. The van der Waals surface area contributed by atoms with Crippen LogP contribution in [0, 0.1) is 11.3 Å². The lowest BCUT2D eigenvalue weighted by Crippen LogP contribution is -2.31. The summed E-state index contributed by atoms with van der Waals surface area (Å²) in [4.78, 5) is 28.8. The molecule has 31 heavy (non-hydrogen) atoms. The molecule has 2 aromatic rings. The highest BCUT2D eigenvalue weighted by molar-refractivity contribution is 5.87. The van der Waals surface area contributed by atoms with Gasteiger partial charge in [0.15, 0.2) is 0 Å². The Hall–Kier alpha value is -3.31. The van der Waals surface area contributed by atoms with E-state index in [1.54, 1.807) is 46.0 Å². The third kappa shape index (κ3) is 5.64. The number of rotatable bonds is 8. The van der Waals surface area contributed by atoms with E-state index in [1.807, 2.05) is 0 Å². The molecule has 0 aliphatic rings. The summed E-state index contributed by atoms with van der Waals surface area (Å²) >= 11 is 0. The fraction of sp³-hybridized carbons (Fsp3) is 0.435. The second kappa shape index (κ2) is 10.1. The van der Waals surface area contributed by atoms with Gasteiger partial charge in [0.2, 0.25) is 0 Å². The Kier molecular flexibility index (Phi) is 7.83. The predicted molar refractivity (Wildman–Crippen MR) is 118 cm³/mol. The first kappa shape index (κ1) is 24.0. The number of esters is 1. The summed E-state index contributed by atoms with van der Waals surface area (Å²) in [6.07, 6.45) is 1.65. The molecule has 1 heterocycles. The zero-order chi connectivity index (χ0) is 23.2. The van der Waals surface area contributed by atoms with Crippen molar-refractivity contribution in [2.24, 2.45) is 0 Å². The van der Waals surface area contributed by atoms with E-state index in [1.165, 1.54) is 20.4 Å². The number of methoxy groups -OCH3 is 2. The van der Waals surface area contributed by atoms with Crippen LogP contribution >= 0.6 is 0 Å². The number of H-pyrrole nitrogens is 1. The van der Waals surface area contributed by atoms with Gasteiger partial charge in [-0.15, -0.1) is 0 Å². The minimum Gasteiger partial charge on any atom is -0.495 e. The van der Waals surface area contributed by atoms with Crippen molar-refractivity contribution in [2.45, 2.75) is 38.7 Å². The van der Waals surface area contributed by atoms with Gasteiger partial charge in [0.1, 0.15) is 11.4 Å². The summed E-state index contributed by atoms with van der Waals surface area (Å²) in [5.41, 5.74) is 0.937. The smallest absolute Gasteiger partial charge is 0.314 e. The number of ether oxygens (including phenoxy) is 3. The number of carbonyl (C=O) groups is 1. The first-order valence-corrected chi connectivity index (χ1v) is 9.90. The van der Waals surface area contributed by atoms with Crippen molar-refractivity contribution in [3.8, 4) is 22.9 Å². The number of nitrogens with zero attached hydrogens (tertiary/aromatic N) is 1. The molecule has 2 N–H and O–H groups in total. The molecule has 0 saturated heterocycles. The first-order chi connectivity index (χ1) is 14.7. The summed E-state index contributed by atoms with van der Waals surface area (Å²) in [7, 11) is 4.74. The van der Waals surface area contributed by atoms with Crippen LogP contribution < -0.4 is 15.6 Å². The average molecular weight is 428 g/mol. The van der Waals surface area contributed by atoms with Crippen molar-refractivity contribution in [3.63, 3.8) is 0 Å². The van der Waals surface area contributed by atoms with Gasteiger partial charge in [-0.3, -0.25) is 9.59 Å². The van der Waals surface area contributed by atoms with Gasteiger partial charge in [-0.1, -0.05) is 0 Å². The lowest BCUT2D eigenvalue weighted by molar-refractivity contribution is -0.157. The molecule has 0 spiro atoms. The standard InChI is InChI=1S/C23H29N3O5/c1-23(2,3)31-22(28)16(9-10-29-5)20-19(18(30-6)13-26-21(20)27)17-11-15(25-4)8-7-14(17)12-24/h7-8,11,13,16,25H,9-10H2,1-6H3,(H,26,27). The van der Waals surface area contributed by atoms with Crippen LogP contribution in [0.3, 0.4) is 0 Å². The zero-order valence-corrected chi connectivity index (χ0v) is 18.8. The third-order valence-corrected chi connectivity index (χ3v) is 4.66. The number of nitriles is 1. The topological polar surface area (TPSA) is 113 Å². The van der Waals surface area contributed by atoms with Crippen molar-refractivity contribution in [2.75, 3.05) is 33.2 Å². The van der Waals surface area contributed by atoms with Crippen molar-refractivity contribution >= 4 is 11.7 Å². The first-order valence-electron chi connectivity index (χ1n) is 9.90. The Morgan fingerprint density at radius 1 is 1.29 bits per heavy atom. The molecular weight excluding hydrogens is 398 g/mol. The van der Waals surface area contributed by atoms with Crippen LogP contribution in [-0.4, -0.2) is 44.4 Å². The molecule has 8 nitrogen and oxygen atoms in total. The molecule has 0 bridgehead atoms. The van der Waals surface area contributed by atoms with E-state index in [4.69, 9.17) is 14.2 Å². The molecule has 8 heteroatoms. The molecule has 0 saturated carbocycles. The summed E-state index contributed by atoms with van der Waals surface area (Å²) in [6.45, 7) is 5.53. The largest absolute Gasteiger partial charge is 0.495 e. The van der Waals surface area contributed by atoms with Crippen LogP contribution in [0.4, 0.5) is 5.69 Å². The third-order valence-electron chi connectivity index (χ3n) is 4.66. The molecule has 0 radical (unpaired) electrons. The van der Waals surface area contributed by atoms with Crippen molar-refractivity contribution in [1.82, 2.24) is 4.98 Å². The number of benzene rings is 1. The second-order valence-corrected chi connectivity index (χ2v) is 7.96. The van der Waals surface area contributed by atoms with Gasteiger partial charge in [0, 0.05) is 49.3 Å². The Balaban J connectivity index is 2.85. The van der Waals surface area contributed by atoms with E-state index < -0.39 is 23.0 Å². The summed E-state index contributed by atoms with van der Waals surface area (Å²) < 4.78 is 16.3. The minimum atomic E-state index is -0.919. The lowest BCUT2D eigenvalue weighted by atomic mass is 9.87. The van der Waals surface area contributed by atoms with Crippen LogP contribution in [0.2, 0.25) is 0 Å². The maximum atomic E-state index is 13.1. The van der Waals surface area contributed by atoms with Gasteiger partial charge in [-0.25, -0.2) is 0 Å². The molecule has 0 fully saturated rings. The highest BCUT2D eigenvalue weighted by Crippen LogP contribution is 2.39. The number of hydrogen-bond donors (Lipinski definition) is 2. The average Bonchev–Trinajstić information content (AvgIpc) is 2.73. The molecule has 1 unspecified atom stereocenters. The maximum Gasteiger partial charge on any atom is 0.314 e. The molecule has 0 amide bonds. The summed E-state index contributed by atoms with van der Waals surface area (Å²) in [6, 6.07) is 7.33. The Bertz CT molecular complexity index is 1030. The molecule has 1 atom stereocenters. The number of carbonyl (C=O) groups excluding carboxylic acids is 1. The van der Waals surface area contributed by atoms with Gasteiger partial charge in [0.05, 0.1) is 24.7 Å². The highest BCUT2D eigenvalue weighted by atomic mass is 16.6. The van der Waals surface area contributed by atoms with E-state index in [-0.39, 0.29) is 18.6 Å². The predicted octanol–water partition coefficient (Wildman–Crippen LogP) is 3.43. The highest BCUT2D eigenvalue weighted by Gasteiger charge is 2.33. The van der Waals surface area contributed by atoms with E-state index in [9.17, 15) is 14.9 Å². The van der Waals surface area contributed by atoms with E-state index in [0.29, 0.717) is 22.4 Å². The Morgan fingerprint density at radius 3 is 2.55 bits per heavy atom. The van der Waals surface area contributed by atoms with Crippen LogP contribution in [0.15, 0.2) is 29.2 Å². The van der Waals surface area contributed by atoms with Crippen molar-refractivity contribution in [3.05, 3.63) is 45.9 Å².